The molecular formula is C65H102O5Sn5. The van der Waals surface area contributed by atoms with E-state index in [0.717, 1.165) is 39.9 Å². The van der Waals surface area contributed by atoms with Crippen molar-refractivity contribution in [2.24, 2.45) is 0 Å². The van der Waals surface area contributed by atoms with Gasteiger partial charge in [-0.25, -0.2) is 0 Å². The summed E-state index contributed by atoms with van der Waals surface area (Å²) in [7, 11) is 8.72. The Kier molecular flexibility index (Phi) is 27.5. The molecule has 0 aliphatic heterocycles. The van der Waals surface area contributed by atoms with Gasteiger partial charge in [0, 0.05) is 0 Å². The molecule has 10 heteroatoms. The van der Waals surface area contributed by atoms with Gasteiger partial charge in [0.2, 0.25) is 0 Å². The molecule has 0 bridgehead atoms. The molecule has 0 atom stereocenters. The zero-order valence-corrected chi connectivity index (χ0v) is 66.7. The van der Waals surface area contributed by atoms with Crippen LogP contribution >= 0.6 is 0 Å². The monoisotopic (exact) mass is 1560 g/mol. The summed E-state index contributed by atoms with van der Waals surface area (Å²) in [5.41, 5.74) is 10.7. The third-order valence-electron chi connectivity index (χ3n) is 13.2. The number of hydrogen-bond donors (Lipinski definition) is 0. The van der Waals surface area contributed by atoms with Gasteiger partial charge in [-0.15, -0.1) is 0 Å². The van der Waals surface area contributed by atoms with Crippen molar-refractivity contribution in [3.8, 4) is 39.9 Å². The molecule has 0 spiro atoms. The third kappa shape index (κ3) is 22.1. The number of hydrogen-bond acceptors (Lipinski definition) is 5. The number of methoxy groups -OCH3 is 5. The van der Waals surface area contributed by atoms with E-state index in [-0.39, 0.29) is 5.41 Å². The Hall–Kier alpha value is -1.69. The zero-order valence-electron chi connectivity index (χ0n) is 52.4. The molecule has 0 aliphatic carbocycles. The van der Waals surface area contributed by atoms with Crippen LogP contribution in [0.3, 0.4) is 0 Å². The van der Waals surface area contributed by atoms with Crippen LogP contribution < -0.4 is 41.6 Å². The van der Waals surface area contributed by atoms with Crippen LogP contribution in [0.1, 0.15) is 54.2 Å². The molecular weight excluding hydrogens is 1450 g/mol. The van der Waals surface area contributed by atoms with Gasteiger partial charge in [0.05, 0.1) is 0 Å². The van der Waals surface area contributed by atoms with Gasteiger partial charge < -0.3 is 0 Å². The van der Waals surface area contributed by atoms with Crippen molar-refractivity contribution in [3.63, 3.8) is 0 Å². The summed E-state index contributed by atoms with van der Waals surface area (Å²) in [5.74, 6) is 4.94. The molecule has 0 aliphatic rings. The Bertz CT molecular complexity index is 2700. The van der Waals surface area contributed by atoms with Gasteiger partial charge in [-0.1, -0.05) is 0 Å². The van der Waals surface area contributed by atoms with Crippen molar-refractivity contribution in [1.29, 1.82) is 0 Å². The van der Waals surface area contributed by atoms with Gasteiger partial charge in [-0.3, -0.25) is 0 Å². The second-order valence-electron chi connectivity index (χ2n) is 26.2. The van der Waals surface area contributed by atoms with Crippen LogP contribution in [-0.4, -0.2) is 127 Å². The molecule has 6 aromatic carbocycles. The Morgan fingerprint density at radius 3 is 1.12 bits per heavy atom. The van der Waals surface area contributed by atoms with E-state index in [4.69, 9.17) is 23.7 Å². The van der Waals surface area contributed by atoms with E-state index in [1.165, 1.54) is 40.5 Å². The predicted molar refractivity (Wildman–Crippen MR) is 348 cm³/mol. The third-order valence-corrected chi connectivity index (χ3v) is 43.2. The van der Waals surface area contributed by atoms with Gasteiger partial charge in [0.1, 0.15) is 0 Å². The maximum atomic E-state index is 5.63. The molecule has 0 fully saturated rings. The van der Waals surface area contributed by atoms with Gasteiger partial charge in [-0.05, 0) is 0 Å². The summed E-state index contributed by atoms with van der Waals surface area (Å²) in [5, 5.41) is 0. The molecule has 0 saturated heterocycles. The van der Waals surface area contributed by atoms with E-state index < -0.39 is 91.9 Å². The molecule has 0 saturated carbocycles. The zero-order chi connectivity index (χ0) is 57.7. The molecule has 0 amide bonds. The molecule has 412 valence electrons. The second kappa shape index (κ2) is 29.7. The van der Waals surface area contributed by atoms with Crippen LogP contribution in [0, 0.1) is 34.6 Å². The van der Waals surface area contributed by atoms with Crippen molar-refractivity contribution >= 4 is 110 Å². The van der Waals surface area contributed by atoms with Crippen LogP contribution in [-0.2, 0) is 5.41 Å². The normalized spacial score (nSPS) is 11.7. The number of rotatable bonds is 11. The van der Waals surface area contributed by atoms with Crippen LogP contribution in [0.15, 0.2) is 109 Å². The van der Waals surface area contributed by atoms with Crippen molar-refractivity contribution in [1.82, 2.24) is 0 Å². The number of aryl methyl sites for hydroxylation is 5. The second-order valence-corrected chi connectivity index (χ2v) is 98.1. The van der Waals surface area contributed by atoms with E-state index in [1.807, 2.05) is 24.3 Å². The molecule has 0 heterocycles. The summed E-state index contributed by atoms with van der Waals surface area (Å²) >= 11 is -9.97. The molecule has 5 nitrogen and oxygen atoms in total. The van der Waals surface area contributed by atoms with Crippen molar-refractivity contribution in [3.05, 3.63) is 143 Å². The van der Waals surface area contributed by atoms with Crippen LogP contribution in [0.5, 0.6) is 28.7 Å². The van der Waals surface area contributed by atoms with Gasteiger partial charge in [0.25, 0.3) is 0 Å². The molecule has 6 aromatic rings. The van der Waals surface area contributed by atoms with Gasteiger partial charge in [-0.2, -0.15) is 0 Å². The molecule has 0 unspecified atom stereocenters. The van der Waals surface area contributed by atoms with Crippen LogP contribution in [0.25, 0.3) is 11.1 Å². The minimum absolute atomic E-state index is 0.0601. The van der Waals surface area contributed by atoms with E-state index in [9.17, 15) is 0 Å². The first-order chi connectivity index (χ1) is 34.3. The van der Waals surface area contributed by atoms with Crippen LogP contribution in [0.4, 0.5) is 0 Å². The van der Waals surface area contributed by atoms with E-state index in [1.54, 1.807) is 46.3 Å². The summed E-state index contributed by atoms with van der Waals surface area (Å²) in [4.78, 5) is 36.4. The van der Waals surface area contributed by atoms with E-state index in [0.29, 0.717) is 0 Å². The Labute approximate surface area is 480 Å². The standard InChI is InChI=1S/C14H13O2.C12H17O2.C8H9O.2C8H9.15CH3.5Sn/c1-15-12-8-9-14(16-2)13(10-12)11-6-4-3-5-7-11;1-12(2,3)10-8-9(13-4)6-7-11(10)14-5;1-7-3-5-8(9-2)6-4-7;1-7-3-5-8(2)6-4-7;1-7-4-3-5-8(2)6-7;;;;;;;;;;;;;;;;;;;;/h3-7,9-10H,1-2H3;7-8H,1-5H3;3,5-6H,1-2H3;3-5H,1-2H3;3-4,6H,1-2H3;15*1H3;;;;;. The van der Waals surface area contributed by atoms with E-state index >= 15 is 0 Å². The predicted octanol–water partition coefficient (Wildman–Crippen LogP) is 15.7. The van der Waals surface area contributed by atoms with Crippen molar-refractivity contribution in [2.75, 3.05) is 35.5 Å². The number of ether oxygens (including phenoxy) is 5. The van der Waals surface area contributed by atoms with Crippen molar-refractivity contribution in [2.45, 2.75) is 135 Å². The van der Waals surface area contributed by atoms with Crippen LogP contribution in [0.2, 0.25) is 74.1 Å². The Morgan fingerprint density at radius 2 is 0.720 bits per heavy atom. The summed E-state index contributed by atoms with van der Waals surface area (Å²) < 4.78 is 35.3. The fourth-order valence-corrected chi connectivity index (χ4v) is 33.6. The average Bonchev–Trinajstić information content (AvgIpc) is 3.30. The van der Waals surface area contributed by atoms with Crippen molar-refractivity contribution < 1.29 is 23.7 Å². The Morgan fingerprint density at radius 1 is 0.320 bits per heavy atom. The van der Waals surface area contributed by atoms with Gasteiger partial charge >= 0.3 is 486 Å². The number of benzene rings is 6. The molecule has 6 rings (SSSR count). The van der Waals surface area contributed by atoms with E-state index in [2.05, 4.69) is 214 Å². The van der Waals surface area contributed by atoms with Gasteiger partial charge in [0.15, 0.2) is 0 Å². The fraction of sp³-hybridized carbons (Fsp3) is 0.446. The topological polar surface area (TPSA) is 46.2 Å². The molecule has 0 N–H and O–H groups in total. The summed E-state index contributed by atoms with van der Waals surface area (Å²) in [6.45, 7) is 17.6. The molecule has 0 radical (unpaired) electrons. The minimum atomic E-state index is -2.23. The first-order valence-corrected chi connectivity index (χ1v) is 76.7. The Balaban J connectivity index is 0.000000326. The quantitative estimate of drug-likeness (QED) is 0.121. The fourth-order valence-electron chi connectivity index (χ4n) is 9.13. The average molecular weight is 1560 g/mol. The summed E-state index contributed by atoms with van der Waals surface area (Å²) in [6, 6.07) is 39.1. The maximum absolute atomic E-state index is 5.63. The summed E-state index contributed by atoms with van der Waals surface area (Å²) in [6.07, 6.45) is 0. The first-order valence-electron chi connectivity index (χ1n) is 26.7. The molecule has 0 aromatic heterocycles. The molecule has 75 heavy (non-hydrogen) atoms. The first kappa shape index (κ1) is 69.4. The SMILES string of the molecule is COc1c[c]([Sn]([CH3])([CH3])[CH3])c(OC)cc1-c1ccccc1.COc1c[c]([Sn]([CH3])([CH3])[CH3])c(OC)cc1C(C)(C)C.COc1ccc(C)[c]([Sn]([CH3])([CH3])[CH3])c1.Cc1cc[c]([Sn]([CH3])([CH3])[CH3])c(C)c1.Cc1ccc(C)[c]([Sn]([CH3])([CH3])[CH3])c1.